The van der Waals surface area contributed by atoms with Crippen molar-refractivity contribution in [1.29, 1.82) is 0 Å². The van der Waals surface area contributed by atoms with Crippen LogP contribution in [0.5, 0.6) is 5.75 Å². The maximum Gasteiger partial charge on any atom is 0.246 e. The van der Waals surface area contributed by atoms with Gasteiger partial charge in [0.25, 0.3) is 0 Å². The molecule has 2 aliphatic rings. The van der Waals surface area contributed by atoms with Crippen LogP contribution in [-0.2, 0) is 16.0 Å². The van der Waals surface area contributed by atoms with Crippen molar-refractivity contribution in [2.75, 3.05) is 53.0 Å². The Balaban J connectivity index is 1.54. The first-order valence-corrected chi connectivity index (χ1v) is 8.70. The van der Waals surface area contributed by atoms with Gasteiger partial charge in [0.2, 0.25) is 5.91 Å². The average molecular weight is 330 g/mol. The number of carbonyl (C=O) groups excluding carboxylic acids is 1. The first-order chi connectivity index (χ1) is 11.8. The second-order valence-corrected chi connectivity index (χ2v) is 6.31. The van der Waals surface area contributed by atoms with E-state index in [-0.39, 0.29) is 5.91 Å². The van der Waals surface area contributed by atoms with E-state index in [0.29, 0.717) is 0 Å². The topological polar surface area (TPSA) is 42.0 Å². The van der Waals surface area contributed by atoms with Gasteiger partial charge in [-0.05, 0) is 42.3 Å². The first kappa shape index (κ1) is 17.0. The van der Waals surface area contributed by atoms with Crippen molar-refractivity contribution in [2.24, 2.45) is 0 Å². The average Bonchev–Trinajstić information content (AvgIpc) is 2.94. The number of nitrogens with zero attached hydrogens (tertiary/aromatic N) is 2. The molecule has 1 fully saturated rings. The van der Waals surface area contributed by atoms with Crippen LogP contribution in [-0.4, -0.2) is 68.8 Å². The lowest BCUT2D eigenvalue weighted by Crippen LogP contribution is -2.35. The summed E-state index contributed by atoms with van der Waals surface area (Å²) < 4.78 is 10.6. The summed E-state index contributed by atoms with van der Waals surface area (Å²) in [4.78, 5) is 16.8. The molecule has 130 valence electrons. The number of ether oxygens (including phenoxy) is 2. The molecule has 5 heteroatoms. The highest BCUT2D eigenvalue weighted by Crippen LogP contribution is 2.26. The van der Waals surface area contributed by atoms with E-state index in [2.05, 4.69) is 11.0 Å². The van der Waals surface area contributed by atoms with Crippen molar-refractivity contribution in [1.82, 2.24) is 9.80 Å². The molecule has 1 aromatic carbocycles. The molecule has 0 aliphatic carbocycles. The molecule has 0 spiro atoms. The third kappa shape index (κ3) is 4.36. The minimum absolute atomic E-state index is 0.0975. The van der Waals surface area contributed by atoms with Crippen LogP contribution < -0.4 is 4.74 Å². The Bertz CT molecular complexity index is 600. The Morgan fingerprint density at radius 2 is 2.21 bits per heavy atom. The predicted octanol–water partition coefficient (Wildman–Crippen LogP) is 1.82. The summed E-state index contributed by atoms with van der Waals surface area (Å²) in [5.41, 5.74) is 2.29. The normalized spacial score (nSPS) is 18.5. The third-order valence-electron chi connectivity index (χ3n) is 4.64. The molecule has 5 nitrogen and oxygen atoms in total. The summed E-state index contributed by atoms with van der Waals surface area (Å²) in [5, 5.41) is 0. The highest BCUT2D eigenvalue weighted by atomic mass is 16.5. The molecule has 1 saturated heterocycles. The third-order valence-corrected chi connectivity index (χ3v) is 4.64. The zero-order valence-electron chi connectivity index (χ0n) is 14.4. The van der Waals surface area contributed by atoms with Crippen molar-refractivity contribution in [2.45, 2.75) is 12.8 Å². The lowest BCUT2D eigenvalue weighted by molar-refractivity contribution is -0.125. The Morgan fingerprint density at radius 3 is 3.08 bits per heavy atom. The van der Waals surface area contributed by atoms with Gasteiger partial charge in [-0.15, -0.1) is 0 Å². The van der Waals surface area contributed by atoms with Gasteiger partial charge in [0.05, 0.1) is 13.2 Å². The predicted molar refractivity (Wildman–Crippen MR) is 94.2 cm³/mol. The number of methoxy groups -OCH3 is 1. The second kappa shape index (κ2) is 8.31. The number of amides is 1. The van der Waals surface area contributed by atoms with E-state index >= 15 is 0 Å². The minimum Gasteiger partial charge on any atom is -0.493 e. The highest BCUT2D eigenvalue weighted by Gasteiger charge is 2.17. The van der Waals surface area contributed by atoms with Crippen molar-refractivity contribution >= 4 is 12.0 Å². The van der Waals surface area contributed by atoms with Crippen LogP contribution in [0.4, 0.5) is 0 Å². The minimum atomic E-state index is 0.0975. The van der Waals surface area contributed by atoms with Gasteiger partial charge < -0.3 is 14.4 Å². The lowest BCUT2D eigenvalue weighted by Gasteiger charge is -2.20. The van der Waals surface area contributed by atoms with Gasteiger partial charge >= 0.3 is 0 Å². The zero-order chi connectivity index (χ0) is 16.8. The summed E-state index contributed by atoms with van der Waals surface area (Å²) in [6, 6.07) is 6.11. The van der Waals surface area contributed by atoms with Crippen LogP contribution in [0, 0.1) is 0 Å². The summed E-state index contributed by atoms with van der Waals surface area (Å²) in [7, 11) is 1.73. The van der Waals surface area contributed by atoms with Gasteiger partial charge in [-0.1, -0.05) is 6.07 Å². The van der Waals surface area contributed by atoms with Gasteiger partial charge in [0.15, 0.2) is 0 Å². The largest absolute Gasteiger partial charge is 0.493 e. The molecule has 0 saturated carbocycles. The van der Waals surface area contributed by atoms with E-state index in [1.807, 2.05) is 23.1 Å². The number of benzene rings is 1. The maximum absolute atomic E-state index is 12.4. The standard InChI is InChI=1S/C19H26N2O3/c1-23-14-12-20-8-2-9-21(11-10-20)19(22)6-4-16-3-5-18-17(15-16)7-13-24-18/h3-6,15H,2,7-14H2,1H3/b6-4-. The lowest BCUT2D eigenvalue weighted by atomic mass is 10.1. The number of hydrogen-bond donors (Lipinski definition) is 0. The zero-order valence-corrected chi connectivity index (χ0v) is 14.4. The molecule has 1 amide bonds. The van der Waals surface area contributed by atoms with Crippen molar-refractivity contribution < 1.29 is 14.3 Å². The SMILES string of the molecule is COCCN1CCCN(C(=O)/C=C\c2ccc3c(c2)CCO3)CC1. The summed E-state index contributed by atoms with van der Waals surface area (Å²) in [6.45, 7) is 5.99. The van der Waals surface area contributed by atoms with E-state index < -0.39 is 0 Å². The molecule has 0 aromatic heterocycles. The van der Waals surface area contributed by atoms with E-state index in [1.54, 1.807) is 13.2 Å². The van der Waals surface area contributed by atoms with Crippen molar-refractivity contribution in [3.05, 3.63) is 35.4 Å². The molecule has 0 N–H and O–H groups in total. The molecule has 3 rings (SSSR count). The van der Waals surface area contributed by atoms with Crippen LogP contribution >= 0.6 is 0 Å². The molecule has 0 unspecified atom stereocenters. The summed E-state index contributed by atoms with van der Waals surface area (Å²) in [6.07, 6.45) is 5.57. The summed E-state index contributed by atoms with van der Waals surface area (Å²) in [5.74, 6) is 1.07. The molecule has 24 heavy (non-hydrogen) atoms. The number of carbonyl (C=O) groups is 1. The molecule has 1 aromatic rings. The maximum atomic E-state index is 12.4. The molecule has 2 heterocycles. The van der Waals surface area contributed by atoms with Crippen LogP contribution in [0.2, 0.25) is 0 Å². The molecule has 0 bridgehead atoms. The smallest absolute Gasteiger partial charge is 0.246 e. The molecule has 2 aliphatic heterocycles. The van der Waals surface area contributed by atoms with E-state index in [4.69, 9.17) is 9.47 Å². The fraction of sp³-hybridized carbons (Fsp3) is 0.526. The van der Waals surface area contributed by atoms with E-state index in [9.17, 15) is 4.79 Å². The van der Waals surface area contributed by atoms with Crippen LogP contribution in [0.1, 0.15) is 17.5 Å². The Hall–Kier alpha value is -1.85. The summed E-state index contributed by atoms with van der Waals surface area (Å²) >= 11 is 0. The van der Waals surface area contributed by atoms with Gasteiger partial charge in [-0.2, -0.15) is 0 Å². The molecule has 0 atom stereocenters. The molecular weight excluding hydrogens is 304 g/mol. The van der Waals surface area contributed by atoms with E-state index in [1.165, 1.54) is 5.56 Å². The van der Waals surface area contributed by atoms with Crippen LogP contribution in [0.25, 0.3) is 6.08 Å². The van der Waals surface area contributed by atoms with Gasteiger partial charge in [-0.25, -0.2) is 0 Å². The fourth-order valence-corrected chi connectivity index (χ4v) is 3.22. The Labute approximate surface area is 143 Å². The monoisotopic (exact) mass is 330 g/mol. The fourth-order valence-electron chi connectivity index (χ4n) is 3.22. The molecular formula is C19H26N2O3. The van der Waals surface area contributed by atoms with Crippen LogP contribution in [0.3, 0.4) is 0 Å². The highest BCUT2D eigenvalue weighted by molar-refractivity contribution is 5.91. The van der Waals surface area contributed by atoms with Crippen molar-refractivity contribution in [3.63, 3.8) is 0 Å². The molecule has 0 radical (unpaired) electrons. The first-order valence-electron chi connectivity index (χ1n) is 8.70. The number of rotatable bonds is 5. The van der Waals surface area contributed by atoms with Gasteiger partial charge in [0.1, 0.15) is 5.75 Å². The van der Waals surface area contributed by atoms with E-state index in [0.717, 1.165) is 70.1 Å². The van der Waals surface area contributed by atoms with Crippen LogP contribution in [0.15, 0.2) is 24.3 Å². The van der Waals surface area contributed by atoms with Gasteiger partial charge in [-0.3, -0.25) is 9.69 Å². The second-order valence-electron chi connectivity index (χ2n) is 6.31. The van der Waals surface area contributed by atoms with Crippen molar-refractivity contribution in [3.8, 4) is 5.75 Å². The number of hydrogen-bond acceptors (Lipinski definition) is 4. The quantitative estimate of drug-likeness (QED) is 0.772. The van der Waals surface area contributed by atoms with Gasteiger partial charge in [0, 0.05) is 45.8 Å². The Kier molecular flexibility index (Phi) is 5.88. The Morgan fingerprint density at radius 1 is 1.29 bits per heavy atom. The number of fused-ring (bicyclic) bond motifs is 1.